The van der Waals surface area contributed by atoms with E-state index >= 15 is 0 Å². The Kier molecular flexibility index (Phi) is 5.57. The Morgan fingerprint density at radius 3 is 2.32 bits per heavy atom. The molecule has 0 spiro atoms. The lowest BCUT2D eigenvalue weighted by Crippen LogP contribution is -2.42. The molecule has 1 aromatic heterocycles. The number of alkyl carbamates (subject to hydrolysis) is 1. The summed E-state index contributed by atoms with van der Waals surface area (Å²) in [5.74, 6) is -1.19. The second-order valence-corrected chi connectivity index (χ2v) is 8.88. The predicted octanol–water partition coefficient (Wildman–Crippen LogP) is 5.32. The van der Waals surface area contributed by atoms with E-state index < -0.39 is 18.1 Å². The zero-order valence-electron chi connectivity index (χ0n) is 19.1. The van der Waals surface area contributed by atoms with Crippen LogP contribution < -0.4 is 5.32 Å². The second-order valence-electron chi connectivity index (χ2n) is 8.88. The molecule has 0 fully saturated rings. The van der Waals surface area contributed by atoms with Gasteiger partial charge in [0.2, 0.25) is 0 Å². The minimum atomic E-state index is -1.10. The number of aromatic amines is 1. The number of hydrogen-bond acceptors (Lipinski definition) is 3. The minimum absolute atomic E-state index is 0.0824. The van der Waals surface area contributed by atoms with Gasteiger partial charge in [0.05, 0.1) is 0 Å². The zero-order chi connectivity index (χ0) is 23.8. The summed E-state index contributed by atoms with van der Waals surface area (Å²) in [7, 11) is 0. The molecule has 1 atom stereocenters. The SMILES string of the molecule is Cc1cc(C)c2[nH]cc(C[C@H](NC(=O)OCC3c4ccccc4-c4ccccc43)C(=O)O)c2c1. The molecule has 5 rings (SSSR count). The number of hydrogen-bond donors (Lipinski definition) is 3. The van der Waals surface area contributed by atoms with Crippen molar-refractivity contribution in [3.63, 3.8) is 0 Å². The van der Waals surface area contributed by atoms with Crippen LogP contribution in [0.3, 0.4) is 0 Å². The van der Waals surface area contributed by atoms with Crippen molar-refractivity contribution in [2.24, 2.45) is 0 Å². The molecule has 1 aliphatic rings. The first-order valence-electron chi connectivity index (χ1n) is 11.3. The van der Waals surface area contributed by atoms with Gasteiger partial charge in [-0.05, 0) is 53.3 Å². The number of carboxylic acids is 1. The number of carbonyl (C=O) groups is 2. The van der Waals surface area contributed by atoms with Gasteiger partial charge in [0.1, 0.15) is 12.6 Å². The molecule has 172 valence electrons. The first-order chi connectivity index (χ1) is 16.4. The molecule has 3 aromatic carbocycles. The molecule has 4 aromatic rings. The van der Waals surface area contributed by atoms with Gasteiger partial charge in [-0.15, -0.1) is 0 Å². The van der Waals surface area contributed by atoms with E-state index in [1.165, 1.54) is 0 Å². The van der Waals surface area contributed by atoms with Crippen LogP contribution in [0.2, 0.25) is 0 Å². The van der Waals surface area contributed by atoms with E-state index in [0.29, 0.717) is 0 Å². The first-order valence-corrected chi connectivity index (χ1v) is 11.3. The van der Waals surface area contributed by atoms with Gasteiger partial charge < -0.3 is 20.1 Å². The van der Waals surface area contributed by atoms with Crippen LogP contribution >= 0.6 is 0 Å². The Morgan fingerprint density at radius 2 is 1.68 bits per heavy atom. The van der Waals surface area contributed by atoms with E-state index in [-0.39, 0.29) is 18.9 Å². The molecular weight excluding hydrogens is 428 g/mol. The number of amides is 1. The third kappa shape index (κ3) is 3.92. The molecule has 1 heterocycles. The fraction of sp³-hybridized carbons (Fsp3) is 0.214. The summed E-state index contributed by atoms with van der Waals surface area (Å²) in [5, 5.41) is 13.3. The summed E-state index contributed by atoms with van der Waals surface area (Å²) in [5.41, 5.74) is 8.51. The van der Waals surface area contributed by atoms with Crippen LogP contribution in [-0.2, 0) is 16.0 Å². The third-order valence-electron chi connectivity index (χ3n) is 6.57. The lowest BCUT2D eigenvalue weighted by atomic mass is 9.98. The van der Waals surface area contributed by atoms with Crippen LogP contribution in [0.5, 0.6) is 0 Å². The molecule has 0 saturated carbocycles. The Morgan fingerprint density at radius 1 is 1.03 bits per heavy atom. The number of nitrogens with one attached hydrogen (secondary N) is 2. The average Bonchev–Trinajstić information content (AvgIpc) is 3.36. The molecule has 1 aliphatic carbocycles. The minimum Gasteiger partial charge on any atom is -0.480 e. The maximum absolute atomic E-state index is 12.6. The average molecular weight is 455 g/mol. The highest BCUT2D eigenvalue weighted by molar-refractivity contribution is 5.88. The van der Waals surface area contributed by atoms with Gasteiger partial charge in [0.15, 0.2) is 0 Å². The van der Waals surface area contributed by atoms with Crippen molar-refractivity contribution >= 4 is 23.0 Å². The van der Waals surface area contributed by atoms with E-state index in [4.69, 9.17) is 4.74 Å². The van der Waals surface area contributed by atoms with Crippen molar-refractivity contribution in [1.82, 2.24) is 10.3 Å². The summed E-state index contributed by atoms with van der Waals surface area (Å²) in [6.07, 6.45) is 1.23. The van der Waals surface area contributed by atoms with Crippen LogP contribution in [0, 0.1) is 13.8 Å². The summed E-state index contributed by atoms with van der Waals surface area (Å²) in [6.45, 7) is 4.16. The Bertz CT molecular complexity index is 1360. The van der Waals surface area contributed by atoms with Crippen molar-refractivity contribution in [3.05, 3.63) is 94.7 Å². The maximum Gasteiger partial charge on any atom is 0.407 e. The summed E-state index contributed by atoms with van der Waals surface area (Å²) < 4.78 is 5.54. The highest BCUT2D eigenvalue weighted by atomic mass is 16.5. The van der Waals surface area contributed by atoms with Crippen molar-refractivity contribution in [2.45, 2.75) is 32.2 Å². The molecule has 6 heteroatoms. The number of benzene rings is 3. The molecule has 0 radical (unpaired) electrons. The van der Waals surface area contributed by atoms with Crippen LogP contribution in [-0.4, -0.2) is 34.8 Å². The van der Waals surface area contributed by atoms with Crippen molar-refractivity contribution in [1.29, 1.82) is 0 Å². The van der Waals surface area contributed by atoms with E-state index in [0.717, 1.165) is 49.8 Å². The molecule has 34 heavy (non-hydrogen) atoms. The number of aromatic nitrogens is 1. The van der Waals surface area contributed by atoms with E-state index in [1.54, 1.807) is 0 Å². The fourth-order valence-electron chi connectivity index (χ4n) is 5.02. The Labute approximate surface area is 197 Å². The molecule has 3 N–H and O–H groups in total. The largest absolute Gasteiger partial charge is 0.480 e. The maximum atomic E-state index is 12.6. The number of fused-ring (bicyclic) bond motifs is 4. The number of carbonyl (C=O) groups excluding carboxylic acids is 1. The van der Waals surface area contributed by atoms with Crippen molar-refractivity contribution in [3.8, 4) is 11.1 Å². The quantitative estimate of drug-likeness (QED) is 0.368. The van der Waals surface area contributed by atoms with Crippen LogP contribution in [0.4, 0.5) is 4.79 Å². The van der Waals surface area contributed by atoms with E-state index in [2.05, 4.69) is 28.5 Å². The number of aryl methyl sites for hydroxylation is 2. The first kappa shape index (κ1) is 21.8. The highest BCUT2D eigenvalue weighted by Crippen LogP contribution is 2.44. The van der Waals surface area contributed by atoms with Crippen LogP contribution in [0.25, 0.3) is 22.0 Å². The highest BCUT2D eigenvalue weighted by Gasteiger charge is 2.30. The molecule has 0 saturated heterocycles. The van der Waals surface area contributed by atoms with Gasteiger partial charge in [-0.3, -0.25) is 0 Å². The smallest absolute Gasteiger partial charge is 0.407 e. The molecule has 1 amide bonds. The summed E-state index contributed by atoms with van der Waals surface area (Å²) in [4.78, 5) is 27.8. The number of aliphatic carboxylic acids is 1. The number of ether oxygens (including phenoxy) is 1. The molecule has 6 nitrogen and oxygen atoms in total. The van der Waals surface area contributed by atoms with Gasteiger partial charge >= 0.3 is 12.1 Å². The zero-order valence-corrected chi connectivity index (χ0v) is 19.1. The van der Waals surface area contributed by atoms with Crippen LogP contribution in [0.15, 0.2) is 66.9 Å². The van der Waals surface area contributed by atoms with Gasteiger partial charge in [-0.25, -0.2) is 9.59 Å². The lowest BCUT2D eigenvalue weighted by molar-refractivity contribution is -0.139. The monoisotopic (exact) mass is 454 g/mol. The summed E-state index contributed by atoms with van der Waals surface area (Å²) >= 11 is 0. The molecule has 0 bridgehead atoms. The van der Waals surface area contributed by atoms with Crippen molar-refractivity contribution in [2.75, 3.05) is 6.61 Å². The fourth-order valence-corrected chi connectivity index (χ4v) is 5.02. The standard InChI is InChI=1S/C28H26N2O4/c1-16-11-17(2)26-23(12-16)18(14-29-26)13-25(27(31)32)30-28(33)34-15-24-21-9-5-3-7-19(21)20-8-4-6-10-22(20)24/h3-12,14,24-25,29H,13,15H2,1-2H3,(H,30,33)(H,31,32)/t25-/m0/s1. The van der Waals surface area contributed by atoms with Gasteiger partial charge in [-0.1, -0.05) is 60.2 Å². The molecular formula is C28H26N2O4. The number of rotatable bonds is 6. The topological polar surface area (TPSA) is 91.4 Å². The Balaban J connectivity index is 1.30. The number of carboxylic acid groups (broad SMARTS) is 1. The van der Waals surface area contributed by atoms with E-state index in [9.17, 15) is 14.7 Å². The van der Waals surface area contributed by atoms with Crippen LogP contribution in [0.1, 0.15) is 33.7 Å². The number of H-pyrrole nitrogens is 1. The van der Waals surface area contributed by atoms with Crippen molar-refractivity contribution < 1.29 is 19.4 Å². The Hall–Kier alpha value is -4.06. The van der Waals surface area contributed by atoms with Gasteiger partial charge in [0.25, 0.3) is 0 Å². The van der Waals surface area contributed by atoms with E-state index in [1.807, 2.05) is 62.5 Å². The van der Waals surface area contributed by atoms with Gasteiger partial charge in [0, 0.05) is 29.4 Å². The molecule has 0 unspecified atom stereocenters. The second kappa shape index (κ2) is 8.71. The molecule has 0 aliphatic heterocycles. The lowest BCUT2D eigenvalue weighted by Gasteiger charge is -2.17. The third-order valence-corrected chi connectivity index (χ3v) is 6.57. The summed E-state index contributed by atoms with van der Waals surface area (Å²) in [6, 6.07) is 19.2. The van der Waals surface area contributed by atoms with Gasteiger partial charge in [-0.2, -0.15) is 0 Å². The predicted molar refractivity (Wildman–Crippen MR) is 131 cm³/mol. The normalized spacial score (nSPS) is 13.4.